The number of hydrogen-bond donors (Lipinski definition) is 0. The maximum absolute atomic E-state index is 11.2. The number of carbonyl (C=O) groups is 2. The molecule has 166 valence electrons. The second-order valence-corrected chi connectivity index (χ2v) is 6.79. The molecule has 0 aliphatic rings. The van der Waals surface area contributed by atoms with Crippen molar-refractivity contribution in [1.82, 2.24) is 0 Å². The van der Waals surface area contributed by atoms with E-state index < -0.39 is 11.9 Å². The molecule has 0 aliphatic carbocycles. The van der Waals surface area contributed by atoms with Crippen LogP contribution in [0, 0.1) is 0 Å². The van der Waals surface area contributed by atoms with Crippen LogP contribution >= 0.6 is 0 Å². The molecule has 0 aliphatic heterocycles. The van der Waals surface area contributed by atoms with E-state index in [2.05, 4.69) is 13.2 Å². The molecule has 0 amide bonds. The normalized spacial score (nSPS) is 10.7. The van der Waals surface area contributed by atoms with Gasteiger partial charge in [-0.2, -0.15) is 0 Å². The molecule has 32 heavy (non-hydrogen) atoms. The maximum atomic E-state index is 11.2. The van der Waals surface area contributed by atoms with Gasteiger partial charge >= 0.3 is 11.9 Å². The SMILES string of the molecule is C=C(C)C(=O)OC=CCOc1ccc(-c2ccc(OCC=COC(=O)C(=C)C)cc2)cc1. The number of carbonyl (C=O) groups excluding carboxylic acids is 2. The fraction of sp³-hybridized carbons (Fsp3) is 0.154. The lowest BCUT2D eigenvalue weighted by molar-refractivity contribution is -0.134. The van der Waals surface area contributed by atoms with Crippen LogP contribution < -0.4 is 9.47 Å². The largest absolute Gasteiger partial charge is 0.489 e. The molecule has 0 aromatic heterocycles. The molecule has 0 spiro atoms. The molecule has 0 unspecified atom stereocenters. The molecule has 0 radical (unpaired) electrons. The molecule has 2 aromatic carbocycles. The number of esters is 2. The van der Waals surface area contributed by atoms with Gasteiger partial charge in [0.25, 0.3) is 0 Å². The van der Waals surface area contributed by atoms with E-state index in [1.165, 1.54) is 12.5 Å². The van der Waals surface area contributed by atoms with E-state index in [1.807, 2.05) is 48.5 Å². The van der Waals surface area contributed by atoms with Crippen LogP contribution in [0.15, 0.2) is 97.5 Å². The molecule has 0 N–H and O–H groups in total. The van der Waals surface area contributed by atoms with Gasteiger partial charge in [0.15, 0.2) is 0 Å². The molecule has 6 heteroatoms. The van der Waals surface area contributed by atoms with Gasteiger partial charge in [-0.25, -0.2) is 9.59 Å². The fourth-order valence-corrected chi connectivity index (χ4v) is 2.28. The summed E-state index contributed by atoms with van der Waals surface area (Å²) in [4.78, 5) is 22.5. The minimum absolute atomic E-state index is 0.274. The van der Waals surface area contributed by atoms with E-state index in [4.69, 9.17) is 18.9 Å². The summed E-state index contributed by atoms with van der Waals surface area (Å²) in [5, 5.41) is 0. The van der Waals surface area contributed by atoms with Crippen LogP contribution in [0.3, 0.4) is 0 Å². The molecule has 2 aromatic rings. The van der Waals surface area contributed by atoms with Gasteiger partial charge in [0.05, 0.1) is 12.5 Å². The minimum Gasteiger partial charge on any atom is -0.489 e. The highest BCUT2D eigenvalue weighted by atomic mass is 16.5. The number of ether oxygens (including phenoxy) is 4. The van der Waals surface area contributed by atoms with E-state index in [0.717, 1.165) is 11.1 Å². The first-order chi connectivity index (χ1) is 15.4. The summed E-state index contributed by atoms with van der Waals surface area (Å²) in [5.41, 5.74) is 2.73. The Morgan fingerprint density at radius 2 is 1.03 bits per heavy atom. The summed E-state index contributed by atoms with van der Waals surface area (Å²) in [6.45, 7) is 10.7. The fourth-order valence-electron chi connectivity index (χ4n) is 2.28. The third-order valence-electron chi connectivity index (χ3n) is 3.97. The maximum Gasteiger partial charge on any atom is 0.337 e. The molecule has 0 heterocycles. The molecule has 0 atom stereocenters. The van der Waals surface area contributed by atoms with E-state index in [9.17, 15) is 9.59 Å². The van der Waals surface area contributed by atoms with E-state index in [1.54, 1.807) is 26.0 Å². The zero-order valence-electron chi connectivity index (χ0n) is 18.2. The van der Waals surface area contributed by atoms with Gasteiger partial charge in [0, 0.05) is 11.1 Å². The standard InChI is InChI=1S/C26H26O6/c1-19(2)25(27)31-17-5-15-29-23-11-7-21(8-12-23)22-9-13-24(14-10-22)30-16-6-18-32-26(28)20(3)4/h5-14,17-18H,1,3,15-16H2,2,4H3. The third kappa shape index (κ3) is 8.36. The van der Waals surface area contributed by atoms with Gasteiger partial charge in [0.1, 0.15) is 24.7 Å². The van der Waals surface area contributed by atoms with Crippen LogP contribution in [-0.4, -0.2) is 25.2 Å². The first kappa shape index (κ1) is 24.2. The summed E-state index contributed by atoms with van der Waals surface area (Å²) >= 11 is 0. The number of hydrogen-bond acceptors (Lipinski definition) is 6. The second-order valence-electron chi connectivity index (χ2n) is 6.79. The van der Waals surface area contributed by atoms with Crippen molar-refractivity contribution in [2.24, 2.45) is 0 Å². The van der Waals surface area contributed by atoms with Crippen molar-refractivity contribution in [3.63, 3.8) is 0 Å². The topological polar surface area (TPSA) is 71.1 Å². The highest BCUT2D eigenvalue weighted by Gasteiger charge is 2.02. The van der Waals surface area contributed by atoms with Crippen LogP contribution in [0.5, 0.6) is 11.5 Å². The van der Waals surface area contributed by atoms with Crippen molar-refractivity contribution in [2.75, 3.05) is 13.2 Å². The quantitative estimate of drug-likeness (QED) is 0.269. The summed E-state index contributed by atoms with van der Waals surface area (Å²) in [7, 11) is 0. The number of rotatable bonds is 11. The number of benzene rings is 2. The Kier molecular flexibility index (Phi) is 9.53. The van der Waals surface area contributed by atoms with E-state index >= 15 is 0 Å². The molecular weight excluding hydrogens is 408 g/mol. The average molecular weight is 434 g/mol. The van der Waals surface area contributed by atoms with Crippen molar-refractivity contribution >= 4 is 11.9 Å². The lowest BCUT2D eigenvalue weighted by atomic mass is 10.1. The van der Waals surface area contributed by atoms with Gasteiger partial charge in [-0.3, -0.25) is 0 Å². The first-order valence-corrected chi connectivity index (χ1v) is 9.86. The van der Waals surface area contributed by atoms with Crippen LogP contribution in [-0.2, 0) is 19.1 Å². The van der Waals surface area contributed by atoms with Crippen LogP contribution in [0.1, 0.15) is 13.8 Å². The molecule has 0 saturated heterocycles. The Bertz CT molecular complexity index is 914. The van der Waals surface area contributed by atoms with Gasteiger partial charge < -0.3 is 18.9 Å². The van der Waals surface area contributed by atoms with Gasteiger partial charge in [-0.1, -0.05) is 37.4 Å². The van der Waals surface area contributed by atoms with Crippen LogP contribution in [0.25, 0.3) is 11.1 Å². The van der Waals surface area contributed by atoms with Crippen molar-refractivity contribution in [1.29, 1.82) is 0 Å². The smallest absolute Gasteiger partial charge is 0.337 e. The summed E-state index contributed by atoms with van der Waals surface area (Å²) in [6, 6.07) is 15.3. The third-order valence-corrected chi connectivity index (χ3v) is 3.97. The molecular formula is C26H26O6. The summed E-state index contributed by atoms with van der Waals surface area (Å²) in [5.74, 6) is 0.456. The van der Waals surface area contributed by atoms with Crippen molar-refractivity contribution in [3.05, 3.63) is 97.5 Å². The molecule has 0 fully saturated rings. The predicted molar refractivity (Wildman–Crippen MR) is 123 cm³/mol. The monoisotopic (exact) mass is 434 g/mol. The van der Waals surface area contributed by atoms with Crippen LogP contribution in [0.4, 0.5) is 0 Å². The second kappa shape index (κ2) is 12.6. The average Bonchev–Trinajstić information content (AvgIpc) is 2.79. The van der Waals surface area contributed by atoms with Crippen molar-refractivity contribution in [2.45, 2.75) is 13.8 Å². The molecule has 0 bridgehead atoms. The van der Waals surface area contributed by atoms with Crippen LogP contribution in [0.2, 0.25) is 0 Å². The highest BCUT2D eigenvalue weighted by Crippen LogP contribution is 2.24. The lowest BCUT2D eigenvalue weighted by Crippen LogP contribution is -2.00. The Hall–Kier alpha value is -4.06. The highest BCUT2D eigenvalue weighted by molar-refractivity contribution is 5.87. The Balaban J connectivity index is 1.79. The lowest BCUT2D eigenvalue weighted by Gasteiger charge is -2.07. The Morgan fingerprint density at radius 1 is 0.688 bits per heavy atom. The van der Waals surface area contributed by atoms with Crippen molar-refractivity contribution in [3.8, 4) is 22.6 Å². The zero-order valence-corrected chi connectivity index (χ0v) is 18.2. The summed E-state index contributed by atoms with van der Waals surface area (Å²) < 4.78 is 20.9. The van der Waals surface area contributed by atoms with Gasteiger partial charge in [0.2, 0.25) is 0 Å². The first-order valence-electron chi connectivity index (χ1n) is 9.86. The Labute approximate surface area is 188 Å². The predicted octanol–water partition coefficient (Wildman–Crippen LogP) is 5.38. The molecule has 6 nitrogen and oxygen atoms in total. The van der Waals surface area contributed by atoms with E-state index in [0.29, 0.717) is 22.6 Å². The minimum atomic E-state index is -0.470. The molecule has 2 rings (SSSR count). The van der Waals surface area contributed by atoms with E-state index in [-0.39, 0.29) is 13.2 Å². The van der Waals surface area contributed by atoms with Gasteiger partial charge in [-0.15, -0.1) is 0 Å². The Morgan fingerprint density at radius 3 is 1.34 bits per heavy atom. The van der Waals surface area contributed by atoms with Crippen molar-refractivity contribution < 1.29 is 28.5 Å². The summed E-state index contributed by atoms with van der Waals surface area (Å²) in [6.07, 6.45) is 5.79. The van der Waals surface area contributed by atoms with Gasteiger partial charge in [-0.05, 0) is 61.4 Å². The zero-order chi connectivity index (χ0) is 23.3. The molecule has 0 saturated carbocycles.